The lowest BCUT2D eigenvalue weighted by Crippen LogP contribution is -2.73. The van der Waals surface area contributed by atoms with Gasteiger partial charge in [0.25, 0.3) is 0 Å². The molecule has 4 aliphatic carbocycles. The van der Waals surface area contributed by atoms with Crippen LogP contribution in [0.2, 0.25) is 0 Å². The van der Waals surface area contributed by atoms with Crippen molar-refractivity contribution in [2.75, 3.05) is 0 Å². The van der Waals surface area contributed by atoms with Crippen molar-refractivity contribution in [1.82, 2.24) is 0 Å². The molecule has 31 heavy (non-hydrogen) atoms. The summed E-state index contributed by atoms with van der Waals surface area (Å²) in [5.41, 5.74) is -2.02. The molecule has 2 N–H and O–H groups in total. The maximum atomic E-state index is 13.5. The lowest BCUT2D eigenvalue weighted by molar-refractivity contribution is -0.282. The summed E-state index contributed by atoms with van der Waals surface area (Å²) in [6.45, 7) is 12.6. The number of esters is 2. The summed E-state index contributed by atoms with van der Waals surface area (Å²) in [7, 11) is 0. The summed E-state index contributed by atoms with van der Waals surface area (Å²) in [5, 5.41) is 23.0. The van der Waals surface area contributed by atoms with Crippen LogP contribution in [-0.4, -0.2) is 52.4 Å². The molecule has 172 valence electrons. The first-order chi connectivity index (χ1) is 14.3. The van der Waals surface area contributed by atoms with E-state index in [0.29, 0.717) is 31.3 Å². The predicted octanol–water partition coefficient (Wildman–Crippen LogP) is 2.18. The molecule has 0 aromatic rings. The van der Waals surface area contributed by atoms with E-state index in [1.165, 1.54) is 13.8 Å². The molecule has 4 fully saturated rings. The van der Waals surface area contributed by atoms with E-state index in [4.69, 9.17) is 9.47 Å². The lowest BCUT2D eigenvalue weighted by atomic mass is 9.38. The molecule has 1 unspecified atom stereocenters. The smallest absolute Gasteiger partial charge is 0.303 e. The molecule has 0 heterocycles. The minimum Gasteiger partial charge on any atom is -0.462 e. The third-order valence-corrected chi connectivity index (χ3v) is 9.03. The highest BCUT2D eigenvalue weighted by Crippen LogP contribution is 2.71. The first-order valence-corrected chi connectivity index (χ1v) is 11.2. The van der Waals surface area contributed by atoms with Gasteiger partial charge in [0.05, 0.1) is 11.5 Å². The van der Waals surface area contributed by atoms with E-state index < -0.39 is 58.5 Å². The third kappa shape index (κ3) is 2.81. The zero-order valence-electron chi connectivity index (χ0n) is 19.0. The van der Waals surface area contributed by atoms with Gasteiger partial charge in [-0.05, 0) is 42.6 Å². The Kier molecular flexibility index (Phi) is 4.99. The molecular formula is C24H34O7. The number of carbonyl (C=O) groups is 3. The molecule has 1 spiro atoms. The van der Waals surface area contributed by atoms with Crippen LogP contribution in [0.25, 0.3) is 0 Å². The first-order valence-electron chi connectivity index (χ1n) is 11.2. The van der Waals surface area contributed by atoms with Crippen LogP contribution in [0, 0.1) is 34.0 Å². The molecule has 7 nitrogen and oxygen atoms in total. The van der Waals surface area contributed by atoms with Gasteiger partial charge >= 0.3 is 11.9 Å². The second kappa shape index (κ2) is 6.88. The van der Waals surface area contributed by atoms with Crippen LogP contribution in [0.3, 0.4) is 0 Å². The number of Topliss-reactive ketones (excluding diaryl/α,β-unsaturated/α-hetero) is 1. The largest absolute Gasteiger partial charge is 0.462 e. The Morgan fingerprint density at radius 3 is 2.26 bits per heavy atom. The molecule has 9 atom stereocenters. The average molecular weight is 435 g/mol. The molecule has 2 bridgehead atoms. The molecule has 0 amide bonds. The van der Waals surface area contributed by atoms with Crippen molar-refractivity contribution in [1.29, 1.82) is 0 Å². The normalized spacial score (nSPS) is 47.9. The Hall–Kier alpha value is -1.73. The Balaban J connectivity index is 1.90. The second-order valence-electron chi connectivity index (χ2n) is 11.0. The van der Waals surface area contributed by atoms with Gasteiger partial charge in [0, 0.05) is 31.1 Å². The number of allylic oxidation sites excluding steroid dienone is 1. The van der Waals surface area contributed by atoms with E-state index in [-0.39, 0.29) is 17.7 Å². The van der Waals surface area contributed by atoms with Gasteiger partial charge in [-0.25, -0.2) is 0 Å². The van der Waals surface area contributed by atoms with Crippen LogP contribution < -0.4 is 0 Å². The Bertz CT molecular complexity index is 847. The van der Waals surface area contributed by atoms with Crippen LogP contribution in [0.15, 0.2) is 12.2 Å². The molecular weight excluding hydrogens is 400 g/mol. The molecule has 4 saturated carbocycles. The molecule has 7 heteroatoms. The van der Waals surface area contributed by atoms with Crippen LogP contribution in [-0.2, 0) is 23.9 Å². The number of carbonyl (C=O) groups excluding carboxylic acids is 3. The van der Waals surface area contributed by atoms with Gasteiger partial charge in [-0.3, -0.25) is 14.4 Å². The van der Waals surface area contributed by atoms with Gasteiger partial charge in [0.1, 0.15) is 18.3 Å². The predicted molar refractivity (Wildman–Crippen MR) is 111 cm³/mol. The van der Waals surface area contributed by atoms with Gasteiger partial charge in [-0.1, -0.05) is 27.4 Å². The van der Waals surface area contributed by atoms with E-state index in [0.717, 1.165) is 0 Å². The number of aliphatic hydroxyl groups is 2. The van der Waals surface area contributed by atoms with Gasteiger partial charge in [0.15, 0.2) is 5.78 Å². The number of ketones is 1. The Morgan fingerprint density at radius 1 is 1.06 bits per heavy atom. The summed E-state index contributed by atoms with van der Waals surface area (Å²) in [4.78, 5) is 37.4. The quantitative estimate of drug-likeness (QED) is 0.506. The van der Waals surface area contributed by atoms with Crippen LogP contribution in [0.4, 0.5) is 0 Å². The van der Waals surface area contributed by atoms with Crippen LogP contribution in [0.5, 0.6) is 0 Å². The van der Waals surface area contributed by atoms with Gasteiger partial charge in [-0.15, -0.1) is 0 Å². The minimum absolute atomic E-state index is 0.170. The number of ether oxygens (including phenoxy) is 2. The zero-order chi connectivity index (χ0) is 23.1. The SMILES string of the molecule is C=C1C(=O)C23C[C@H]1C[C@H](O)[C@H]2[C@]1(C)CC[C@H](OC(C)=O)C(C)(C)[C@H]1[C@@H](OC(C)=O)[C@@H]3O. The molecule has 4 rings (SSSR count). The fraction of sp³-hybridized carbons (Fsp3) is 0.792. The number of hydrogen-bond donors (Lipinski definition) is 2. The van der Waals surface area contributed by atoms with Gasteiger partial charge < -0.3 is 19.7 Å². The van der Waals surface area contributed by atoms with Gasteiger partial charge in [-0.2, -0.15) is 0 Å². The lowest BCUT2D eigenvalue weighted by Gasteiger charge is -2.67. The fourth-order valence-corrected chi connectivity index (χ4v) is 8.22. The third-order valence-electron chi connectivity index (χ3n) is 9.03. The van der Waals surface area contributed by atoms with E-state index in [1.807, 2.05) is 20.8 Å². The summed E-state index contributed by atoms with van der Waals surface area (Å²) in [6, 6.07) is 0. The molecule has 0 aromatic heterocycles. The highest BCUT2D eigenvalue weighted by atomic mass is 16.6. The van der Waals surface area contributed by atoms with E-state index in [9.17, 15) is 24.6 Å². The van der Waals surface area contributed by atoms with E-state index in [2.05, 4.69) is 6.58 Å². The van der Waals surface area contributed by atoms with Crippen LogP contribution in [0.1, 0.15) is 60.3 Å². The summed E-state index contributed by atoms with van der Waals surface area (Å²) in [5.74, 6) is -2.21. The number of aliphatic hydroxyl groups excluding tert-OH is 2. The first kappa shape index (κ1) is 22.5. The van der Waals surface area contributed by atoms with Crippen molar-refractivity contribution in [2.45, 2.75) is 84.7 Å². The maximum absolute atomic E-state index is 13.5. The highest BCUT2D eigenvalue weighted by Gasteiger charge is 2.76. The minimum atomic E-state index is -1.26. The van der Waals surface area contributed by atoms with Crippen molar-refractivity contribution in [3.8, 4) is 0 Å². The monoisotopic (exact) mass is 434 g/mol. The Labute approximate surface area is 183 Å². The standard InChI is InChI=1S/C24H34O7/c1-11-14-9-15(27)18-23(6)8-7-16(30-12(2)25)22(4,5)19(23)17(31-13(3)26)21(29)24(18,10-14)20(11)28/h14-19,21,27,29H,1,7-10H2,2-6H3/t14-,15+,16+,17-,18+,19-,21+,23+,24?/m1/s1. The second-order valence-corrected chi connectivity index (χ2v) is 11.0. The molecule has 4 aliphatic rings. The number of fused-ring (bicyclic) bond motifs is 3. The molecule has 0 aliphatic heterocycles. The molecule has 0 radical (unpaired) electrons. The number of rotatable bonds is 2. The fourth-order valence-electron chi connectivity index (χ4n) is 8.22. The summed E-state index contributed by atoms with van der Waals surface area (Å²) >= 11 is 0. The number of hydrogen-bond acceptors (Lipinski definition) is 7. The van der Waals surface area contributed by atoms with Gasteiger partial charge in [0.2, 0.25) is 0 Å². The van der Waals surface area contributed by atoms with Crippen molar-refractivity contribution >= 4 is 17.7 Å². The summed E-state index contributed by atoms with van der Waals surface area (Å²) in [6.07, 6.45) is -1.41. The highest BCUT2D eigenvalue weighted by molar-refractivity contribution is 6.03. The van der Waals surface area contributed by atoms with Crippen molar-refractivity contribution in [3.05, 3.63) is 12.2 Å². The van der Waals surface area contributed by atoms with E-state index in [1.54, 1.807) is 0 Å². The maximum Gasteiger partial charge on any atom is 0.303 e. The topological polar surface area (TPSA) is 110 Å². The van der Waals surface area contributed by atoms with E-state index >= 15 is 0 Å². The van der Waals surface area contributed by atoms with Crippen molar-refractivity contribution in [3.63, 3.8) is 0 Å². The summed E-state index contributed by atoms with van der Waals surface area (Å²) < 4.78 is 11.4. The average Bonchev–Trinajstić information content (AvgIpc) is 2.83. The van der Waals surface area contributed by atoms with Crippen molar-refractivity contribution < 1.29 is 34.1 Å². The van der Waals surface area contributed by atoms with Crippen molar-refractivity contribution in [2.24, 2.45) is 34.0 Å². The van der Waals surface area contributed by atoms with Crippen LogP contribution >= 0.6 is 0 Å². The molecule has 0 saturated heterocycles. The zero-order valence-corrected chi connectivity index (χ0v) is 19.0. The Morgan fingerprint density at radius 2 is 1.68 bits per heavy atom. The molecule has 0 aromatic carbocycles.